The second-order valence-electron chi connectivity index (χ2n) is 7.79. The Balaban J connectivity index is 2.59. The minimum Gasteiger partial charge on any atom is -0.467 e. The smallest absolute Gasteiger partial charge is 0.408 e. The van der Waals surface area contributed by atoms with Gasteiger partial charge in [0, 0.05) is 0 Å². The number of esters is 1. The van der Waals surface area contributed by atoms with Gasteiger partial charge in [0.25, 0.3) is 0 Å². The predicted octanol–water partition coefficient (Wildman–Crippen LogP) is 4.12. The van der Waals surface area contributed by atoms with E-state index in [0.29, 0.717) is 6.42 Å². The molecule has 31 heavy (non-hydrogen) atoms. The van der Waals surface area contributed by atoms with Crippen LogP contribution in [0, 0.1) is 5.92 Å². The van der Waals surface area contributed by atoms with Crippen molar-refractivity contribution in [2.24, 2.45) is 5.92 Å². The number of rotatable bonds is 14. The number of hydrogen-bond acceptors (Lipinski definition) is 5. The fraction of sp³-hybridized carbons (Fsp3) is 0.542. The van der Waals surface area contributed by atoms with Crippen molar-refractivity contribution >= 4 is 18.0 Å². The Labute approximate surface area is 185 Å². The van der Waals surface area contributed by atoms with Gasteiger partial charge >= 0.3 is 12.1 Å². The fourth-order valence-electron chi connectivity index (χ4n) is 3.07. The third-order valence-electron chi connectivity index (χ3n) is 4.89. The van der Waals surface area contributed by atoms with Crippen LogP contribution in [0.3, 0.4) is 0 Å². The molecular formula is C24H36N2O5. The number of allylic oxidation sites excluding steroid dienone is 1. The average molecular weight is 433 g/mol. The Bertz CT molecular complexity index is 690. The maximum absolute atomic E-state index is 12.8. The van der Waals surface area contributed by atoms with Crippen LogP contribution in [0.4, 0.5) is 4.79 Å². The van der Waals surface area contributed by atoms with Crippen molar-refractivity contribution in [2.75, 3.05) is 7.11 Å². The van der Waals surface area contributed by atoms with Gasteiger partial charge in [-0.2, -0.15) is 0 Å². The van der Waals surface area contributed by atoms with E-state index < -0.39 is 30.1 Å². The van der Waals surface area contributed by atoms with Crippen molar-refractivity contribution in [3.63, 3.8) is 0 Å². The monoisotopic (exact) mass is 432 g/mol. The molecule has 0 aliphatic rings. The summed E-state index contributed by atoms with van der Waals surface area (Å²) < 4.78 is 10.1. The van der Waals surface area contributed by atoms with Gasteiger partial charge in [0.2, 0.25) is 5.91 Å². The zero-order valence-corrected chi connectivity index (χ0v) is 18.9. The maximum atomic E-state index is 12.8. The van der Waals surface area contributed by atoms with Crippen molar-refractivity contribution in [3.8, 4) is 0 Å². The number of methoxy groups -OCH3 is 1. The van der Waals surface area contributed by atoms with Crippen LogP contribution in [0.25, 0.3) is 0 Å². The molecule has 0 spiro atoms. The molecule has 0 unspecified atom stereocenters. The number of alkyl carbamates (subject to hydrolysis) is 1. The first-order chi connectivity index (χ1) is 14.9. The van der Waals surface area contributed by atoms with Crippen LogP contribution in [0.15, 0.2) is 43.0 Å². The summed E-state index contributed by atoms with van der Waals surface area (Å²) in [6, 6.07) is 7.70. The zero-order valence-electron chi connectivity index (χ0n) is 18.9. The first-order valence-corrected chi connectivity index (χ1v) is 10.8. The predicted molar refractivity (Wildman–Crippen MR) is 120 cm³/mol. The number of benzene rings is 1. The number of amides is 2. The highest BCUT2D eigenvalue weighted by atomic mass is 16.5. The molecule has 2 atom stereocenters. The van der Waals surface area contributed by atoms with Crippen LogP contribution in [0.2, 0.25) is 0 Å². The summed E-state index contributed by atoms with van der Waals surface area (Å²) in [5.74, 6) is -1.12. The summed E-state index contributed by atoms with van der Waals surface area (Å²) in [6.07, 6.45) is 6.50. The van der Waals surface area contributed by atoms with Crippen LogP contribution < -0.4 is 10.6 Å². The summed E-state index contributed by atoms with van der Waals surface area (Å²) in [4.78, 5) is 37.1. The number of ether oxygens (including phenoxy) is 2. The van der Waals surface area contributed by atoms with Gasteiger partial charge in [-0.25, -0.2) is 9.59 Å². The quantitative estimate of drug-likeness (QED) is 0.262. The van der Waals surface area contributed by atoms with E-state index in [1.165, 1.54) is 7.11 Å². The van der Waals surface area contributed by atoms with Crippen LogP contribution >= 0.6 is 0 Å². The molecule has 0 fully saturated rings. The van der Waals surface area contributed by atoms with Crippen molar-refractivity contribution < 1.29 is 23.9 Å². The molecule has 1 rings (SSSR count). The minimum absolute atomic E-state index is 0.107. The summed E-state index contributed by atoms with van der Waals surface area (Å²) >= 11 is 0. The number of carbonyl (C=O) groups excluding carboxylic acids is 3. The Morgan fingerprint density at radius 3 is 2.32 bits per heavy atom. The molecule has 0 saturated carbocycles. The van der Waals surface area contributed by atoms with Gasteiger partial charge < -0.3 is 20.1 Å². The summed E-state index contributed by atoms with van der Waals surface area (Å²) in [5.41, 5.74) is 0.849. The summed E-state index contributed by atoms with van der Waals surface area (Å²) in [7, 11) is 1.30. The molecule has 2 amide bonds. The van der Waals surface area contributed by atoms with Gasteiger partial charge in [0.15, 0.2) is 0 Å². The lowest BCUT2D eigenvalue weighted by atomic mass is 10.0. The third kappa shape index (κ3) is 10.7. The molecule has 0 heterocycles. The highest BCUT2D eigenvalue weighted by Gasteiger charge is 2.29. The van der Waals surface area contributed by atoms with Gasteiger partial charge in [-0.3, -0.25) is 4.79 Å². The van der Waals surface area contributed by atoms with E-state index in [1.54, 1.807) is 0 Å². The van der Waals surface area contributed by atoms with E-state index in [-0.39, 0.29) is 12.5 Å². The molecule has 1 aromatic rings. The van der Waals surface area contributed by atoms with Crippen molar-refractivity contribution in [1.82, 2.24) is 10.6 Å². The van der Waals surface area contributed by atoms with Gasteiger partial charge in [-0.15, -0.1) is 6.58 Å². The van der Waals surface area contributed by atoms with Crippen LogP contribution in [0.5, 0.6) is 0 Å². The molecule has 1 aromatic carbocycles. The Morgan fingerprint density at radius 1 is 1.03 bits per heavy atom. The number of nitrogens with one attached hydrogen (secondary N) is 2. The summed E-state index contributed by atoms with van der Waals surface area (Å²) in [5, 5.41) is 5.33. The Morgan fingerprint density at radius 2 is 1.71 bits per heavy atom. The summed E-state index contributed by atoms with van der Waals surface area (Å²) in [6.45, 7) is 7.44. The largest absolute Gasteiger partial charge is 0.467 e. The fourth-order valence-corrected chi connectivity index (χ4v) is 3.07. The number of carbonyl (C=O) groups is 3. The van der Waals surface area contributed by atoms with Crippen molar-refractivity contribution in [1.29, 1.82) is 0 Å². The molecular weight excluding hydrogens is 396 g/mol. The van der Waals surface area contributed by atoms with E-state index in [0.717, 1.165) is 37.7 Å². The molecule has 0 aliphatic heterocycles. The second-order valence-corrected chi connectivity index (χ2v) is 7.79. The maximum Gasteiger partial charge on any atom is 0.408 e. The van der Waals surface area contributed by atoms with Gasteiger partial charge in [0.1, 0.15) is 18.7 Å². The lowest BCUT2D eigenvalue weighted by Gasteiger charge is -2.24. The van der Waals surface area contributed by atoms with Crippen LogP contribution in [-0.2, 0) is 25.7 Å². The molecule has 172 valence electrons. The molecule has 0 saturated heterocycles. The first kappa shape index (κ1) is 26.2. The van der Waals surface area contributed by atoms with Crippen LogP contribution in [0.1, 0.15) is 57.9 Å². The van der Waals surface area contributed by atoms with Crippen molar-refractivity contribution in [2.45, 2.75) is 71.1 Å². The highest BCUT2D eigenvalue weighted by Crippen LogP contribution is 2.10. The first-order valence-electron chi connectivity index (χ1n) is 10.8. The molecule has 7 heteroatoms. The average Bonchev–Trinajstić information content (AvgIpc) is 2.77. The van der Waals surface area contributed by atoms with Crippen molar-refractivity contribution in [3.05, 3.63) is 48.6 Å². The van der Waals surface area contributed by atoms with Gasteiger partial charge in [0.05, 0.1) is 7.11 Å². The van der Waals surface area contributed by atoms with E-state index in [2.05, 4.69) is 17.2 Å². The van der Waals surface area contributed by atoms with Gasteiger partial charge in [-0.1, -0.05) is 69.5 Å². The lowest BCUT2D eigenvalue weighted by Crippen LogP contribution is -2.53. The number of unbranched alkanes of at least 4 members (excludes halogenated alkanes) is 4. The molecule has 2 N–H and O–H groups in total. The van der Waals surface area contributed by atoms with Crippen LogP contribution in [-0.4, -0.2) is 37.2 Å². The van der Waals surface area contributed by atoms with E-state index >= 15 is 0 Å². The standard InChI is InChI=1S/C24H36N2O5/c1-5-6-7-8-9-13-16-20(23(28)30-4)25-22(27)21(18(2)3)26-24(29)31-17-19-14-11-10-12-15-19/h5,10-12,14-15,18,20-21H,1,6-9,13,16-17H2,2-4H3,(H,25,27)(H,26,29)/t20-,21+/m0/s1. The highest BCUT2D eigenvalue weighted by molar-refractivity contribution is 5.89. The number of hydrogen-bond donors (Lipinski definition) is 2. The third-order valence-corrected chi connectivity index (χ3v) is 4.89. The lowest BCUT2D eigenvalue weighted by molar-refractivity contribution is -0.145. The van der Waals surface area contributed by atoms with E-state index in [9.17, 15) is 14.4 Å². The zero-order chi connectivity index (χ0) is 23.1. The molecule has 0 bridgehead atoms. The van der Waals surface area contributed by atoms with E-state index in [4.69, 9.17) is 9.47 Å². The van der Waals surface area contributed by atoms with E-state index in [1.807, 2.05) is 50.3 Å². The molecule has 0 aliphatic carbocycles. The molecule has 0 radical (unpaired) electrons. The minimum atomic E-state index is -0.831. The Kier molecular flexibility index (Phi) is 12.7. The molecule has 0 aromatic heterocycles. The Hall–Kier alpha value is -2.83. The SMILES string of the molecule is C=CCCCCCC[C@H](NC(=O)[C@H](NC(=O)OCc1ccccc1)C(C)C)C(=O)OC. The normalized spacial score (nSPS) is 12.5. The van der Waals surface area contributed by atoms with Gasteiger partial charge in [-0.05, 0) is 30.7 Å². The second kappa shape index (κ2) is 15.0. The molecule has 7 nitrogen and oxygen atoms in total. The topological polar surface area (TPSA) is 93.7 Å².